The van der Waals surface area contributed by atoms with Crippen molar-refractivity contribution in [3.63, 3.8) is 0 Å². The van der Waals surface area contributed by atoms with Crippen molar-refractivity contribution in [1.82, 2.24) is 0 Å². The van der Waals surface area contributed by atoms with Crippen molar-refractivity contribution in [2.45, 2.75) is 6.61 Å². The molecule has 0 aliphatic carbocycles. The molecule has 0 unspecified atom stereocenters. The second-order valence-corrected chi connectivity index (χ2v) is 4.39. The Bertz CT molecular complexity index is 650. The number of carbonyl (C=O) groups is 1. The van der Waals surface area contributed by atoms with Crippen molar-refractivity contribution < 1.29 is 27.8 Å². The fourth-order valence-electron chi connectivity index (χ4n) is 1.81. The Morgan fingerprint density at radius 1 is 1.13 bits per heavy atom. The van der Waals surface area contributed by atoms with E-state index in [1.807, 2.05) is 6.07 Å². The van der Waals surface area contributed by atoms with E-state index in [1.54, 1.807) is 24.3 Å². The summed E-state index contributed by atoms with van der Waals surface area (Å²) in [6.07, 6.45) is 0. The molecule has 1 amide bonds. The van der Waals surface area contributed by atoms with Gasteiger partial charge in [0, 0.05) is 11.8 Å². The van der Waals surface area contributed by atoms with Gasteiger partial charge in [0.25, 0.3) is 5.91 Å². The Hall–Kier alpha value is -2.83. The summed E-state index contributed by atoms with van der Waals surface area (Å²) in [4.78, 5) is 11.8. The third-order valence-corrected chi connectivity index (χ3v) is 2.78. The first kappa shape index (κ1) is 16.5. The summed E-state index contributed by atoms with van der Waals surface area (Å²) < 4.78 is 39.3. The van der Waals surface area contributed by atoms with Gasteiger partial charge in [-0.2, -0.15) is 8.78 Å². The topological polar surface area (TPSA) is 56.8 Å². The summed E-state index contributed by atoms with van der Waals surface area (Å²) in [6.45, 7) is -3.20. The third kappa shape index (κ3) is 5.14. The van der Waals surface area contributed by atoms with E-state index in [9.17, 15) is 13.6 Å². The summed E-state index contributed by atoms with van der Waals surface area (Å²) in [6, 6.07) is 13.0. The minimum atomic E-state index is -2.99. The lowest BCUT2D eigenvalue weighted by atomic mass is 10.2. The normalized spacial score (nSPS) is 10.3. The number of rotatable bonds is 7. The Morgan fingerprint density at radius 2 is 1.87 bits per heavy atom. The van der Waals surface area contributed by atoms with Gasteiger partial charge in [-0.15, -0.1) is 0 Å². The van der Waals surface area contributed by atoms with Crippen LogP contribution in [0.1, 0.15) is 0 Å². The Labute approximate surface area is 131 Å². The van der Waals surface area contributed by atoms with Gasteiger partial charge < -0.3 is 19.5 Å². The third-order valence-electron chi connectivity index (χ3n) is 2.78. The van der Waals surface area contributed by atoms with E-state index in [0.29, 0.717) is 11.4 Å². The predicted molar refractivity (Wildman–Crippen MR) is 80.2 cm³/mol. The standard InChI is InChI=1S/C16H15F2NO4/c1-21-13-8-7-11(9-14(13)23-16(17)18)19-15(20)10-22-12-5-3-2-4-6-12/h2-9,16H,10H2,1H3,(H,19,20). The number of halogens is 2. The zero-order valence-electron chi connectivity index (χ0n) is 12.3. The Balaban J connectivity index is 1.97. The number of hydrogen-bond donors (Lipinski definition) is 1. The smallest absolute Gasteiger partial charge is 0.387 e. The summed E-state index contributed by atoms with van der Waals surface area (Å²) in [7, 11) is 1.33. The highest BCUT2D eigenvalue weighted by Crippen LogP contribution is 2.31. The molecule has 0 aromatic heterocycles. The van der Waals surface area contributed by atoms with Crippen molar-refractivity contribution in [3.05, 3.63) is 48.5 Å². The van der Waals surface area contributed by atoms with Crippen LogP contribution in [0.5, 0.6) is 17.2 Å². The molecule has 0 saturated carbocycles. The fraction of sp³-hybridized carbons (Fsp3) is 0.188. The van der Waals surface area contributed by atoms with E-state index in [4.69, 9.17) is 9.47 Å². The molecule has 23 heavy (non-hydrogen) atoms. The van der Waals surface area contributed by atoms with Crippen LogP contribution in [-0.2, 0) is 4.79 Å². The highest BCUT2D eigenvalue weighted by Gasteiger charge is 2.12. The first-order valence-electron chi connectivity index (χ1n) is 6.69. The van der Waals surface area contributed by atoms with Crippen LogP contribution < -0.4 is 19.5 Å². The molecule has 2 rings (SSSR count). The van der Waals surface area contributed by atoms with E-state index in [-0.39, 0.29) is 18.1 Å². The molecule has 5 nitrogen and oxygen atoms in total. The van der Waals surface area contributed by atoms with E-state index < -0.39 is 12.5 Å². The molecule has 2 aromatic rings. The number of nitrogens with one attached hydrogen (secondary N) is 1. The van der Waals surface area contributed by atoms with Crippen molar-refractivity contribution in [2.24, 2.45) is 0 Å². The molecule has 0 fully saturated rings. The number of methoxy groups -OCH3 is 1. The first-order chi connectivity index (χ1) is 11.1. The number of alkyl halides is 2. The van der Waals surface area contributed by atoms with E-state index in [1.165, 1.54) is 25.3 Å². The van der Waals surface area contributed by atoms with Crippen molar-refractivity contribution in [2.75, 3.05) is 19.0 Å². The lowest BCUT2D eigenvalue weighted by molar-refractivity contribution is -0.118. The average molecular weight is 323 g/mol. The SMILES string of the molecule is COc1ccc(NC(=O)COc2ccccc2)cc1OC(F)F. The highest BCUT2D eigenvalue weighted by atomic mass is 19.3. The van der Waals surface area contributed by atoms with E-state index >= 15 is 0 Å². The lowest BCUT2D eigenvalue weighted by Crippen LogP contribution is -2.20. The zero-order chi connectivity index (χ0) is 16.7. The van der Waals surface area contributed by atoms with Gasteiger partial charge in [0.2, 0.25) is 0 Å². The Morgan fingerprint density at radius 3 is 2.52 bits per heavy atom. The molecule has 1 N–H and O–H groups in total. The minimum absolute atomic E-state index is 0.142. The molecule has 0 heterocycles. The number of anilines is 1. The van der Waals surface area contributed by atoms with Crippen LogP contribution in [-0.4, -0.2) is 26.2 Å². The molecule has 0 aliphatic rings. The van der Waals surface area contributed by atoms with Crippen LogP contribution >= 0.6 is 0 Å². The molecule has 0 atom stereocenters. The van der Waals surface area contributed by atoms with Gasteiger partial charge in [-0.1, -0.05) is 18.2 Å². The summed E-state index contributed by atoms with van der Waals surface area (Å²) in [5.74, 6) is 0.106. The van der Waals surface area contributed by atoms with E-state index in [0.717, 1.165) is 0 Å². The van der Waals surface area contributed by atoms with E-state index in [2.05, 4.69) is 10.1 Å². The second-order valence-electron chi connectivity index (χ2n) is 4.39. The Kier molecular flexibility index (Phi) is 5.74. The van der Waals surface area contributed by atoms with Crippen LogP contribution in [0.25, 0.3) is 0 Å². The van der Waals surface area contributed by atoms with Gasteiger partial charge in [-0.05, 0) is 24.3 Å². The predicted octanol–water partition coefficient (Wildman–Crippen LogP) is 3.31. The molecule has 0 spiro atoms. The minimum Gasteiger partial charge on any atom is -0.493 e. The molecular formula is C16H15F2NO4. The fourth-order valence-corrected chi connectivity index (χ4v) is 1.81. The van der Waals surface area contributed by atoms with Crippen LogP contribution in [0.4, 0.5) is 14.5 Å². The molecule has 122 valence electrons. The van der Waals surface area contributed by atoms with Gasteiger partial charge in [-0.3, -0.25) is 4.79 Å². The van der Waals surface area contributed by atoms with Crippen molar-refractivity contribution in [1.29, 1.82) is 0 Å². The molecular weight excluding hydrogens is 308 g/mol. The molecule has 0 bridgehead atoms. The van der Waals surface area contributed by atoms with Gasteiger partial charge >= 0.3 is 6.61 Å². The van der Waals surface area contributed by atoms with Crippen LogP contribution in [0, 0.1) is 0 Å². The number of amides is 1. The zero-order valence-corrected chi connectivity index (χ0v) is 12.3. The number of para-hydroxylation sites is 1. The summed E-state index contributed by atoms with van der Waals surface area (Å²) in [5.41, 5.74) is 0.295. The second kappa shape index (κ2) is 7.98. The first-order valence-corrected chi connectivity index (χ1v) is 6.69. The molecule has 0 saturated heterocycles. The van der Waals surface area contributed by atoms with Crippen molar-refractivity contribution in [3.8, 4) is 17.2 Å². The van der Waals surface area contributed by atoms with Gasteiger partial charge in [0.05, 0.1) is 7.11 Å². The molecule has 0 aliphatic heterocycles. The molecule has 0 radical (unpaired) electrons. The quantitative estimate of drug-likeness (QED) is 0.849. The maximum Gasteiger partial charge on any atom is 0.387 e. The number of hydrogen-bond acceptors (Lipinski definition) is 4. The largest absolute Gasteiger partial charge is 0.493 e. The summed E-state index contributed by atoms with van der Waals surface area (Å²) in [5, 5.41) is 2.53. The van der Waals surface area contributed by atoms with Crippen LogP contribution in [0.2, 0.25) is 0 Å². The van der Waals surface area contributed by atoms with Crippen LogP contribution in [0.15, 0.2) is 48.5 Å². The van der Waals surface area contributed by atoms with Gasteiger partial charge in [0.1, 0.15) is 5.75 Å². The van der Waals surface area contributed by atoms with Crippen molar-refractivity contribution >= 4 is 11.6 Å². The molecule has 7 heteroatoms. The maximum absolute atomic E-state index is 12.4. The molecule has 2 aromatic carbocycles. The monoisotopic (exact) mass is 323 g/mol. The number of carbonyl (C=O) groups excluding carboxylic acids is 1. The van der Waals surface area contributed by atoms with Gasteiger partial charge in [-0.25, -0.2) is 0 Å². The highest BCUT2D eigenvalue weighted by molar-refractivity contribution is 5.92. The van der Waals surface area contributed by atoms with Gasteiger partial charge in [0.15, 0.2) is 18.1 Å². The average Bonchev–Trinajstić information content (AvgIpc) is 2.54. The van der Waals surface area contributed by atoms with Crippen LogP contribution in [0.3, 0.4) is 0 Å². The maximum atomic E-state index is 12.4. The number of ether oxygens (including phenoxy) is 3. The summed E-state index contributed by atoms with van der Waals surface area (Å²) >= 11 is 0. The number of benzene rings is 2. The lowest BCUT2D eigenvalue weighted by Gasteiger charge is -2.12.